The van der Waals surface area contributed by atoms with Gasteiger partial charge >= 0.3 is 0 Å². The second-order valence-corrected chi connectivity index (χ2v) is 3.99. The van der Waals surface area contributed by atoms with Gasteiger partial charge < -0.3 is 4.74 Å². The molecular formula is C14H13NO. The molecule has 2 heterocycles. The summed E-state index contributed by atoms with van der Waals surface area (Å²) in [6, 6.07) is 10.5. The molecular weight excluding hydrogens is 198 g/mol. The second-order valence-electron chi connectivity index (χ2n) is 3.99. The zero-order valence-electron chi connectivity index (χ0n) is 9.02. The molecule has 1 aliphatic rings. The molecule has 0 N–H and O–H groups in total. The van der Waals surface area contributed by atoms with Gasteiger partial charge in [-0.3, -0.25) is 4.98 Å². The van der Waals surface area contributed by atoms with Crippen molar-refractivity contribution < 1.29 is 4.74 Å². The van der Waals surface area contributed by atoms with Crippen LogP contribution in [0.1, 0.15) is 11.1 Å². The van der Waals surface area contributed by atoms with Crippen molar-refractivity contribution in [1.82, 2.24) is 4.98 Å². The van der Waals surface area contributed by atoms with Crippen molar-refractivity contribution in [2.24, 2.45) is 0 Å². The van der Waals surface area contributed by atoms with Crippen molar-refractivity contribution >= 4 is 0 Å². The topological polar surface area (TPSA) is 22.1 Å². The highest BCUT2D eigenvalue weighted by Gasteiger charge is 2.13. The Labute approximate surface area is 94.9 Å². The molecule has 1 aromatic heterocycles. The van der Waals surface area contributed by atoms with Gasteiger partial charge in [0.15, 0.2) is 0 Å². The molecule has 2 aromatic rings. The highest BCUT2D eigenvalue weighted by atomic mass is 16.5. The van der Waals surface area contributed by atoms with Gasteiger partial charge in [-0.1, -0.05) is 24.3 Å². The molecule has 3 rings (SSSR count). The average molecular weight is 211 g/mol. The molecule has 0 radical (unpaired) electrons. The van der Waals surface area contributed by atoms with E-state index in [2.05, 4.69) is 29.2 Å². The Bertz CT molecular complexity index is 493. The number of nitrogens with zero attached hydrogens (tertiary/aromatic N) is 1. The van der Waals surface area contributed by atoms with Gasteiger partial charge in [0.25, 0.3) is 0 Å². The van der Waals surface area contributed by atoms with Crippen LogP contribution in [-0.2, 0) is 17.8 Å². The van der Waals surface area contributed by atoms with E-state index in [0.717, 1.165) is 19.6 Å². The van der Waals surface area contributed by atoms with Crippen molar-refractivity contribution in [2.45, 2.75) is 13.0 Å². The van der Waals surface area contributed by atoms with Gasteiger partial charge in [-0.15, -0.1) is 0 Å². The number of hydrogen-bond acceptors (Lipinski definition) is 2. The first-order valence-corrected chi connectivity index (χ1v) is 5.54. The molecule has 0 amide bonds. The molecule has 1 aromatic carbocycles. The number of benzene rings is 1. The molecule has 2 heteroatoms. The maximum Gasteiger partial charge on any atom is 0.0725 e. The minimum absolute atomic E-state index is 0.723. The van der Waals surface area contributed by atoms with E-state index in [1.54, 1.807) is 6.20 Å². The molecule has 0 atom stereocenters. The van der Waals surface area contributed by atoms with Crippen LogP contribution in [0.15, 0.2) is 42.7 Å². The lowest BCUT2D eigenvalue weighted by Gasteiger charge is -2.19. The summed E-state index contributed by atoms with van der Waals surface area (Å²) in [5, 5.41) is 0. The number of rotatable bonds is 1. The standard InChI is InChI=1S/C14H13NO/c1-3-11-6-8-16-10-14(11)13(5-1)12-4-2-7-15-9-12/h1-5,7,9H,6,8,10H2. The van der Waals surface area contributed by atoms with Crippen LogP contribution in [-0.4, -0.2) is 11.6 Å². The van der Waals surface area contributed by atoms with Crippen molar-refractivity contribution in [2.75, 3.05) is 6.61 Å². The lowest BCUT2D eigenvalue weighted by molar-refractivity contribution is 0.111. The van der Waals surface area contributed by atoms with E-state index < -0.39 is 0 Å². The van der Waals surface area contributed by atoms with E-state index in [4.69, 9.17) is 4.74 Å². The molecule has 0 saturated carbocycles. The zero-order chi connectivity index (χ0) is 10.8. The monoisotopic (exact) mass is 211 g/mol. The van der Waals surface area contributed by atoms with E-state index >= 15 is 0 Å². The SMILES string of the molecule is c1cncc(-c2cccc3c2COCC3)c1. The van der Waals surface area contributed by atoms with E-state index in [-0.39, 0.29) is 0 Å². The minimum atomic E-state index is 0.723. The number of hydrogen-bond donors (Lipinski definition) is 0. The summed E-state index contributed by atoms with van der Waals surface area (Å²) in [5.41, 5.74) is 5.16. The Morgan fingerprint density at radius 1 is 1.12 bits per heavy atom. The van der Waals surface area contributed by atoms with Crippen LogP contribution in [0.25, 0.3) is 11.1 Å². The lowest BCUT2D eigenvalue weighted by atomic mass is 9.94. The predicted octanol–water partition coefficient (Wildman–Crippen LogP) is 2.82. The van der Waals surface area contributed by atoms with Crippen LogP contribution in [0, 0.1) is 0 Å². The summed E-state index contributed by atoms with van der Waals surface area (Å²) >= 11 is 0. The Balaban J connectivity index is 2.14. The number of ether oxygens (including phenoxy) is 1. The van der Waals surface area contributed by atoms with E-state index in [0.29, 0.717) is 0 Å². The molecule has 1 aliphatic heterocycles. The second kappa shape index (κ2) is 4.06. The Morgan fingerprint density at radius 3 is 3.00 bits per heavy atom. The van der Waals surface area contributed by atoms with Crippen LogP contribution < -0.4 is 0 Å². The van der Waals surface area contributed by atoms with Crippen LogP contribution in [0.5, 0.6) is 0 Å². The molecule has 0 spiro atoms. The predicted molar refractivity (Wildman–Crippen MR) is 63.0 cm³/mol. The first-order valence-electron chi connectivity index (χ1n) is 5.54. The Kier molecular flexibility index (Phi) is 2.43. The Morgan fingerprint density at radius 2 is 2.12 bits per heavy atom. The van der Waals surface area contributed by atoms with Crippen molar-refractivity contribution in [1.29, 1.82) is 0 Å². The fraction of sp³-hybridized carbons (Fsp3) is 0.214. The first kappa shape index (κ1) is 9.55. The molecule has 0 saturated heterocycles. The molecule has 2 nitrogen and oxygen atoms in total. The summed E-state index contributed by atoms with van der Waals surface area (Å²) in [5.74, 6) is 0. The molecule has 0 bridgehead atoms. The van der Waals surface area contributed by atoms with Gasteiger partial charge in [0.1, 0.15) is 0 Å². The summed E-state index contributed by atoms with van der Waals surface area (Å²) < 4.78 is 5.54. The van der Waals surface area contributed by atoms with Crippen LogP contribution in [0.2, 0.25) is 0 Å². The third kappa shape index (κ3) is 1.61. The lowest BCUT2D eigenvalue weighted by Crippen LogP contribution is -2.10. The summed E-state index contributed by atoms with van der Waals surface area (Å²) in [6.07, 6.45) is 4.73. The highest BCUT2D eigenvalue weighted by molar-refractivity contribution is 5.68. The van der Waals surface area contributed by atoms with Crippen molar-refractivity contribution in [3.63, 3.8) is 0 Å². The van der Waals surface area contributed by atoms with E-state index in [9.17, 15) is 0 Å². The maximum atomic E-state index is 5.54. The average Bonchev–Trinajstić information content (AvgIpc) is 2.39. The van der Waals surface area contributed by atoms with Gasteiger partial charge in [-0.25, -0.2) is 0 Å². The normalized spacial score (nSPS) is 14.5. The van der Waals surface area contributed by atoms with Gasteiger partial charge in [0.2, 0.25) is 0 Å². The van der Waals surface area contributed by atoms with E-state index in [1.165, 1.54) is 22.3 Å². The number of aromatic nitrogens is 1. The summed E-state index contributed by atoms with van der Waals surface area (Å²) in [4.78, 5) is 4.17. The fourth-order valence-electron chi connectivity index (χ4n) is 2.19. The third-order valence-corrected chi connectivity index (χ3v) is 3.01. The molecule has 0 fully saturated rings. The largest absolute Gasteiger partial charge is 0.376 e. The van der Waals surface area contributed by atoms with Crippen molar-refractivity contribution in [3.8, 4) is 11.1 Å². The van der Waals surface area contributed by atoms with Gasteiger partial charge in [0.05, 0.1) is 13.2 Å². The molecule has 0 aliphatic carbocycles. The summed E-state index contributed by atoms with van der Waals surface area (Å²) in [6.45, 7) is 1.56. The first-order chi connectivity index (χ1) is 7.95. The highest BCUT2D eigenvalue weighted by Crippen LogP contribution is 2.28. The van der Waals surface area contributed by atoms with Crippen LogP contribution >= 0.6 is 0 Å². The minimum Gasteiger partial charge on any atom is -0.376 e. The molecule has 80 valence electrons. The molecule has 0 unspecified atom stereocenters. The molecule has 16 heavy (non-hydrogen) atoms. The fourth-order valence-corrected chi connectivity index (χ4v) is 2.19. The van der Waals surface area contributed by atoms with Crippen molar-refractivity contribution in [3.05, 3.63) is 53.9 Å². The summed E-state index contributed by atoms with van der Waals surface area (Å²) in [7, 11) is 0. The quantitative estimate of drug-likeness (QED) is 0.723. The number of fused-ring (bicyclic) bond motifs is 1. The Hall–Kier alpha value is -1.67. The van der Waals surface area contributed by atoms with Gasteiger partial charge in [-0.05, 0) is 29.2 Å². The number of pyridine rings is 1. The van der Waals surface area contributed by atoms with Gasteiger partial charge in [0, 0.05) is 18.0 Å². The van der Waals surface area contributed by atoms with Gasteiger partial charge in [-0.2, -0.15) is 0 Å². The maximum absolute atomic E-state index is 5.54. The smallest absolute Gasteiger partial charge is 0.0725 e. The van der Waals surface area contributed by atoms with Crippen LogP contribution in [0.4, 0.5) is 0 Å². The zero-order valence-corrected chi connectivity index (χ0v) is 9.02. The third-order valence-electron chi connectivity index (χ3n) is 3.01. The van der Waals surface area contributed by atoms with Crippen LogP contribution in [0.3, 0.4) is 0 Å². The van der Waals surface area contributed by atoms with E-state index in [1.807, 2.05) is 12.3 Å².